The van der Waals surface area contributed by atoms with Gasteiger partial charge in [0.15, 0.2) is 11.6 Å². The monoisotopic (exact) mass is 450 g/mol. The average Bonchev–Trinajstić information content (AvgIpc) is 2.77. The number of carbonyl (C=O) groups excluding carboxylic acids is 1. The summed E-state index contributed by atoms with van der Waals surface area (Å²) in [5, 5.41) is 18.2. The van der Waals surface area contributed by atoms with Gasteiger partial charge in [0.2, 0.25) is 0 Å². The third kappa shape index (κ3) is 6.58. The van der Waals surface area contributed by atoms with E-state index in [1.807, 2.05) is 51.1 Å². The van der Waals surface area contributed by atoms with Gasteiger partial charge >= 0.3 is 6.09 Å². The van der Waals surface area contributed by atoms with E-state index in [1.165, 1.54) is 4.90 Å². The third-order valence-electron chi connectivity index (χ3n) is 4.88. The number of anilines is 1. The highest BCUT2D eigenvalue weighted by atomic mass is 16.6. The summed E-state index contributed by atoms with van der Waals surface area (Å²) in [6.45, 7) is 6.12. The maximum atomic E-state index is 12.5. The van der Waals surface area contributed by atoms with Gasteiger partial charge in [-0.3, -0.25) is 0 Å². The number of carbonyl (C=O) groups is 1. The van der Waals surface area contributed by atoms with Crippen LogP contribution in [0.1, 0.15) is 32.3 Å². The van der Waals surface area contributed by atoms with Gasteiger partial charge in [0.25, 0.3) is 0 Å². The van der Waals surface area contributed by atoms with E-state index in [9.17, 15) is 9.90 Å². The van der Waals surface area contributed by atoms with Crippen molar-refractivity contribution in [1.82, 2.24) is 15.1 Å². The first-order valence-corrected chi connectivity index (χ1v) is 10.7. The zero-order chi connectivity index (χ0) is 24.0. The van der Waals surface area contributed by atoms with Crippen LogP contribution < -0.4 is 10.5 Å². The maximum absolute atomic E-state index is 12.5. The molecule has 33 heavy (non-hydrogen) atoms. The lowest BCUT2D eigenvalue weighted by Gasteiger charge is -2.28. The van der Waals surface area contributed by atoms with Crippen LogP contribution in [0.4, 0.5) is 10.6 Å². The largest absolute Gasteiger partial charge is 0.507 e. The molecule has 8 heteroatoms. The Morgan fingerprint density at radius 2 is 1.76 bits per heavy atom. The van der Waals surface area contributed by atoms with E-state index in [1.54, 1.807) is 37.4 Å². The second kappa shape index (κ2) is 10.2. The number of amides is 1. The van der Waals surface area contributed by atoms with Gasteiger partial charge in [0.05, 0.1) is 6.61 Å². The number of nitrogens with zero attached hydrogens (tertiary/aromatic N) is 3. The van der Waals surface area contributed by atoms with Gasteiger partial charge in [-0.2, -0.15) is 0 Å². The fraction of sp³-hybridized carbons (Fsp3) is 0.320. The van der Waals surface area contributed by atoms with Crippen molar-refractivity contribution in [2.75, 3.05) is 25.9 Å². The standard InChI is InChI=1S/C25H30N4O4/c1-25(2,3)33-24(31)29(4)15-18(17-10-6-5-7-11-17)16-32-22-14-20(27-28-23(22)26)19-12-8-9-13-21(19)30/h5-14,18,30H,15-16H2,1-4H3,(H2,26,28). The molecule has 0 radical (unpaired) electrons. The number of ether oxygens (including phenoxy) is 2. The van der Waals surface area contributed by atoms with Gasteiger partial charge in [-0.25, -0.2) is 4.79 Å². The minimum Gasteiger partial charge on any atom is -0.507 e. The number of nitrogen functional groups attached to an aromatic ring is 1. The van der Waals surface area contributed by atoms with Crippen molar-refractivity contribution >= 4 is 11.9 Å². The molecule has 0 aliphatic heterocycles. The predicted molar refractivity (Wildman–Crippen MR) is 127 cm³/mol. The first kappa shape index (κ1) is 23.8. The van der Waals surface area contributed by atoms with Crippen molar-refractivity contribution in [3.8, 4) is 22.8 Å². The van der Waals surface area contributed by atoms with Crippen molar-refractivity contribution in [3.63, 3.8) is 0 Å². The number of aromatic nitrogens is 2. The molecule has 0 spiro atoms. The van der Waals surface area contributed by atoms with E-state index < -0.39 is 11.7 Å². The van der Waals surface area contributed by atoms with Gasteiger partial charge in [-0.15, -0.1) is 10.2 Å². The van der Waals surface area contributed by atoms with E-state index in [4.69, 9.17) is 15.2 Å². The Kier molecular flexibility index (Phi) is 7.37. The maximum Gasteiger partial charge on any atom is 0.410 e. The fourth-order valence-electron chi connectivity index (χ4n) is 3.24. The molecule has 1 unspecified atom stereocenters. The summed E-state index contributed by atoms with van der Waals surface area (Å²) in [5.41, 5.74) is 7.40. The van der Waals surface area contributed by atoms with Crippen LogP contribution >= 0.6 is 0 Å². The SMILES string of the molecule is CN(CC(COc1cc(-c2ccccc2O)nnc1N)c1ccccc1)C(=O)OC(C)(C)C. The molecule has 8 nitrogen and oxygen atoms in total. The zero-order valence-corrected chi connectivity index (χ0v) is 19.4. The van der Waals surface area contributed by atoms with E-state index in [0.29, 0.717) is 23.6 Å². The number of rotatable bonds is 7. The lowest BCUT2D eigenvalue weighted by molar-refractivity contribution is 0.0281. The molecule has 1 heterocycles. The number of para-hydroxylation sites is 1. The Bertz CT molecular complexity index is 1080. The van der Waals surface area contributed by atoms with Crippen molar-refractivity contribution in [3.05, 3.63) is 66.2 Å². The molecule has 0 aliphatic carbocycles. The number of nitrogens with two attached hydrogens (primary N) is 1. The average molecular weight is 451 g/mol. The molecule has 3 aromatic rings. The topological polar surface area (TPSA) is 111 Å². The highest BCUT2D eigenvalue weighted by Crippen LogP contribution is 2.31. The fourth-order valence-corrected chi connectivity index (χ4v) is 3.24. The van der Waals surface area contributed by atoms with E-state index in [2.05, 4.69) is 10.2 Å². The van der Waals surface area contributed by atoms with Crippen molar-refractivity contribution < 1.29 is 19.4 Å². The molecular formula is C25H30N4O4. The van der Waals surface area contributed by atoms with Crippen LogP contribution in [0.3, 0.4) is 0 Å². The molecule has 0 bridgehead atoms. The number of hydrogen-bond donors (Lipinski definition) is 2. The highest BCUT2D eigenvalue weighted by Gasteiger charge is 2.24. The van der Waals surface area contributed by atoms with Crippen LogP contribution in [0.5, 0.6) is 11.5 Å². The van der Waals surface area contributed by atoms with Gasteiger partial charge in [-0.05, 0) is 38.5 Å². The molecule has 3 N–H and O–H groups in total. The van der Waals surface area contributed by atoms with Crippen LogP contribution in [-0.2, 0) is 4.74 Å². The van der Waals surface area contributed by atoms with Gasteiger partial charge < -0.3 is 25.2 Å². The number of benzene rings is 2. The second-order valence-corrected chi connectivity index (χ2v) is 8.78. The molecule has 0 aliphatic rings. The van der Waals surface area contributed by atoms with Crippen LogP contribution in [0.2, 0.25) is 0 Å². The number of aromatic hydroxyl groups is 1. The molecule has 1 aromatic heterocycles. The number of likely N-dealkylation sites (N-methyl/N-ethyl adjacent to an activating group) is 1. The second-order valence-electron chi connectivity index (χ2n) is 8.78. The number of phenols is 1. The van der Waals surface area contributed by atoms with Crippen molar-refractivity contribution in [2.45, 2.75) is 32.3 Å². The summed E-state index contributed by atoms with van der Waals surface area (Å²) in [6, 6.07) is 18.3. The third-order valence-corrected chi connectivity index (χ3v) is 4.88. The lowest BCUT2D eigenvalue weighted by Crippen LogP contribution is -2.37. The van der Waals surface area contributed by atoms with E-state index in [-0.39, 0.29) is 24.1 Å². The number of hydrogen-bond acceptors (Lipinski definition) is 7. The summed E-state index contributed by atoms with van der Waals surface area (Å²) in [5.74, 6) is 0.430. The van der Waals surface area contributed by atoms with Gasteiger partial charge in [0, 0.05) is 31.1 Å². The summed E-state index contributed by atoms with van der Waals surface area (Å²) in [4.78, 5) is 14.0. The Hall–Kier alpha value is -3.81. The molecule has 1 amide bonds. The van der Waals surface area contributed by atoms with Gasteiger partial charge in [0.1, 0.15) is 17.0 Å². The Balaban J connectivity index is 1.79. The van der Waals surface area contributed by atoms with Crippen LogP contribution in [-0.4, -0.2) is 52.1 Å². The first-order valence-electron chi connectivity index (χ1n) is 10.7. The molecule has 174 valence electrons. The highest BCUT2D eigenvalue weighted by molar-refractivity contribution is 5.69. The summed E-state index contributed by atoms with van der Waals surface area (Å²) < 4.78 is 11.5. The van der Waals surface area contributed by atoms with Crippen molar-refractivity contribution in [1.29, 1.82) is 0 Å². The lowest BCUT2D eigenvalue weighted by atomic mass is 9.99. The molecule has 0 saturated carbocycles. The van der Waals surface area contributed by atoms with Crippen molar-refractivity contribution in [2.24, 2.45) is 0 Å². The molecule has 0 saturated heterocycles. The Morgan fingerprint density at radius 3 is 2.42 bits per heavy atom. The van der Waals surface area contributed by atoms with E-state index in [0.717, 1.165) is 5.56 Å². The minimum absolute atomic E-state index is 0.0867. The predicted octanol–water partition coefficient (Wildman–Crippen LogP) is 4.46. The normalized spacial score (nSPS) is 12.1. The van der Waals surface area contributed by atoms with Crippen LogP contribution in [0.25, 0.3) is 11.3 Å². The Morgan fingerprint density at radius 1 is 1.09 bits per heavy atom. The molecule has 2 aromatic carbocycles. The smallest absolute Gasteiger partial charge is 0.410 e. The first-order chi connectivity index (χ1) is 15.6. The zero-order valence-electron chi connectivity index (χ0n) is 19.4. The van der Waals surface area contributed by atoms with Crippen LogP contribution in [0.15, 0.2) is 60.7 Å². The van der Waals surface area contributed by atoms with Gasteiger partial charge in [-0.1, -0.05) is 42.5 Å². The molecule has 1 atom stereocenters. The van der Waals surface area contributed by atoms with E-state index >= 15 is 0 Å². The molecule has 0 fully saturated rings. The Labute approximate surface area is 194 Å². The molecular weight excluding hydrogens is 420 g/mol. The van der Waals surface area contributed by atoms with Crippen LogP contribution in [0, 0.1) is 0 Å². The quantitative estimate of drug-likeness (QED) is 0.547. The number of phenolic OH excluding ortho intramolecular Hbond substituents is 1. The summed E-state index contributed by atoms with van der Waals surface area (Å²) >= 11 is 0. The summed E-state index contributed by atoms with van der Waals surface area (Å²) in [6.07, 6.45) is -0.407. The summed E-state index contributed by atoms with van der Waals surface area (Å²) in [7, 11) is 1.70. The minimum atomic E-state index is -0.583. The molecule has 3 rings (SSSR count).